The van der Waals surface area contributed by atoms with Crippen molar-refractivity contribution in [3.63, 3.8) is 0 Å². The minimum Gasteiger partial charge on any atom is -0.450 e. The van der Waals surface area contributed by atoms with Gasteiger partial charge in [-0.3, -0.25) is 4.79 Å². The third kappa shape index (κ3) is 2.96. The molecule has 0 aliphatic heterocycles. The van der Waals surface area contributed by atoms with E-state index in [0.29, 0.717) is 17.9 Å². The summed E-state index contributed by atoms with van der Waals surface area (Å²) in [6.45, 7) is 0.388. The number of hydrogen-bond acceptors (Lipinski definition) is 2. The van der Waals surface area contributed by atoms with Crippen LogP contribution in [0.5, 0.6) is 0 Å². The van der Waals surface area contributed by atoms with Gasteiger partial charge in [-0.25, -0.2) is 4.39 Å². The highest BCUT2D eigenvalue weighted by molar-refractivity contribution is 9.10. The van der Waals surface area contributed by atoms with Crippen LogP contribution < -0.4 is 0 Å². The number of hydrogen-bond donors (Lipinski definition) is 0. The summed E-state index contributed by atoms with van der Waals surface area (Å²) >= 11 is 3.44. The molecule has 24 heavy (non-hydrogen) atoms. The fraction of sp³-hybridized carbons (Fsp3) is 0.211. The lowest BCUT2D eigenvalue weighted by Gasteiger charge is -2.21. The lowest BCUT2D eigenvalue weighted by molar-refractivity contribution is 0.0699. The van der Waals surface area contributed by atoms with E-state index in [1.807, 2.05) is 24.3 Å². The molecule has 0 saturated heterocycles. The zero-order chi connectivity index (χ0) is 16.7. The third-order valence-electron chi connectivity index (χ3n) is 4.20. The molecule has 1 aromatic heterocycles. The summed E-state index contributed by atoms with van der Waals surface area (Å²) in [5.41, 5.74) is 1.45. The van der Waals surface area contributed by atoms with Crippen molar-refractivity contribution >= 4 is 32.8 Å². The number of benzene rings is 2. The molecule has 1 saturated carbocycles. The molecule has 3 aromatic rings. The maximum absolute atomic E-state index is 13.4. The minimum absolute atomic E-state index is 0.148. The maximum atomic E-state index is 13.4. The molecule has 1 heterocycles. The average Bonchev–Trinajstić information content (AvgIpc) is 3.30. The van der Waals surface area contributed by atoms with E-state index in [1.54, 1.807) is 17.0 Å². The smallest absolute Gasteiger partial charge is 0.290 e. The first-order valence-electron chi connectivity index (χ1n) is 7.85. The van der Waals surface area contributed by atoms with Gasteiger partial charge in [-0.1, -0.05) is 24.3 Å². The van der Waals surface area contributed by atoms with Crippen LogP contribution in [0.4, 0.5) is 4.39 Å². The van der Waals surface area contributed by atoms with Crippen molar-refractivity contribution in [1.29, 1.82) is 0 Å². The Balaban J connectivity index is 1.65. The monoisotopic (exact) mass is 387 g/mol. The number of para-hydroxylation sites is 1. The fourth-order valence-electron chi connectivity index (χ4n) is 2.86. The van der Waals surface area contributed by atoms with Crippen LogP contribution in [-0.2, 0) is 6.54 Å². The van der Waals surface area contributed by atoms with E-state index in [4.69, 9.17) is 4.42 Å². The number of carbonyl (C=O) groups excluding carboxylic acids is 1. The second-order valence-electron chi connectivity index (χ2n) is 6.06. The number of amides is 1. The fourth-order valence-corrected chi connectivity index (χ4v) is 3.32. The van der Waals surface area contributed by atoms with Crippen molar-refractivity contribution in [1.82, 2.24) is 4.90 Å². The topological polar surface area (TPSA) is 33.5 Å². The van der Waals surface area contributed by atoms with Crippen molar-refractivity contribution in [3.05, 3.63) is 70.1 Å². The zero-order valence-corrected chi connectivity index (χ0v) is 14.4. The van der Waals surface area contributed by atoms with Crippen LogP contribution in [0.25, 0.3) is 11.0 Å². The van der Waals surface area contributed by atoms with Crippen LogP contribution in [0.3, 0.4) is 0 Å². The first kappa shape index (κ1) is 15.4. The van der Waals surface area contributed by atoms with Gasteiger partial charge in [0, 0.05) is 18.0 Å². The Morgan fingerprint density at radius 1 is 1.21 bits per heavy atom. The van der Waals surface area contributed by atoms with Gasteiger partial charge in [0.2, 0.25) is 0 Å². The molecule has 0 N–H and O–H groups in total. The Hall–Kier alpha value is -2.14. The van der Waals surface area contributed by atoms with Crippen molar-refractivity contribution in [2.24, 2.45) is 0 Å². The van der Waals surface area contributed by atoms with Gasteiger partial charge in [0.1, 0.15) is 11.4 Å². The molecule has 1 amide bonds. The lowest BCUT2D eigenvalue weighted by atomic mass is 10.2. The molecule has 3 nitrogen and oxygen atoms in total. The summed E-state index contributed by atoms with van der Waals surface area (Å²) in [6.07, 6.45) is 1.95. The lowest BCUT2D eigenvalue weighted by Crippen LogP contribution is -2.32. The number of halogens is 2. The van der Waals surface area contributed by atoms with Crippen molar-refractivity contribution < 1.29 is 13.6 Å². The van der Waals surface area contributed by atoms with Gasteiger partial charge in [-0.05, 0) is 58.6 Å². The van der Waals surface area contributed by atoms with Gasteiger partial charge in [0.05, 0.1) is 4.47 Å². The molecule has 1 aliphatic rings. The Kier molecular flexibility index (Phi) is 3.88. The van der Waals surface area contributed by atoms with Gasteiger partial charge in [-0.15, -0.1) is 0 Å². The predicted octanol–water partition coefficient (Wildman–Crippen LogP) is 5.14. The van der Waals surface area contributed by atoms with E-state index in [2.05, 4.69) is 15.9 Å². The Morgan fingerprint density at radius 2 is 2.00 bits per heavy atom. The van der Waals surface area contributed by atoms with Crippen LogP contribution in [0, 0.1) is 5.82 Å². The van der Waals surface area contributed by atoms with E-state index in [9.17, 15) is 9.18 Å². The molecule has 4 rings (SSSR count). The highest BCUT2D eigenvalue weighted by Crippen LogP contribution is 2.32. The molecule has 0 bridgehead atoms. The first-order chi connectivity index (χ1) is 11.6. The number of carbonyl (C=O) groups is 1. The van der Waals surface area contributed by atoms with Crippen molar-refractivity contribution in [2.45, 2.75) is 25.4 Å². The van der Waals surface area contributed by atoms with Crippen LogP contribution in [0.1, 0.15) is 29.0 Å². The van der Waals surface area contributed by atoms with E-state index in [0.717, 1.165) is 28.3 Å². The van der Waals surface area contributed by atoms with Crippen LogP contribution >= 0.6 is 15.9 Å². The molecule has 0 spiro atoms. The van der Waals surface area contributed by atoms with E-state index in [-0.39, 0.29) is 17.8 Å². The largest absolute Gasteiger partial charge is 0.450 e. The third-order valence-corrected chi connectivity index (χ3v) is 4.82. The molecular formula is C19H15BrFNO2. The van der Waals surface area contributed by atoms with E-state index >= 15 is 0 Å². The van der Waals surface area contributed by atoms with Crippen molar-refractivity contribution in [2.75, 3.05) is 0 Å². The molecule has 0 radical (unpaired) electrons. The van der Waals surface area contributed by atoms with Crippen LogP contribution in [-0.4, -0.2) is 16.8 Å². The van der Waals surface area contributed by atoms with Gasteiger partial charge >= 0.3 is 0 Å². The molecule has 1 aliphatic carbocycles. The molecule has 1 fully saturated rings. The highest BCUT2D eigenvalue weighted by Gasteiger charge is 2.34. The quantitative estimate of drug-likeness (QED) is 0.620. The second kappa shape index (κ2) is 6.06. The SMILES string of the molecule is O=C(c1cc2cccc(Br)c2o1)N(Cc1cccc(F)c1)C1CC1. The van der Waals surface area contributed by atoms with Crippen LogP contribution in [0.2, 0.25) is 0 Å². The van der Waals surface area contributed by atoms with Gasteiger partial charge in [0.15, 0.2) is 5.76 Å². The Labute approximate surface area is 147 Å². The van der Waals surface area contributed by atoms with Gasteiger partial charge < -0.3 is 9.32 Å². The van der Waals surface area contributed by atoms with Crippen LogP contribution in [0.15, 0.2) is 57.4 Å². The summed E-state index contributed by atoms with van der Waals surface area (Å²) < 4.78 is 20.0. The molecule has 2 aromatic carbocycles. The summed E-state index contributed by atoms with van der Waals surface area (Å²) in [5.74, 6) is -0.117. The minimum atomic E-state index is -0.289. The summed E-state index contributed by atoms with van der Waals surface area (Å²) in [7, 11) is 0. The van der Waals surface area contributed by atoms with E-state index in [1.165, 1.54) is 12.1 Å². The van der Waals surface area contributed by atoms with Gasteiger partial charge in [0.25, 0.3) is 5.91 Å². The average molecular weight is 388 g/mol. The number of rotatable bonds is 4. The first-order valence-corrected chi connectivity index (χ1v) is 8.64. The Bertz CT molecular complexity index is 917. The number of nitrogens with zero attached hydrogens (tertiary/aromatic N) is 1. The summed E-state index contributed by atoms with van der Waals surface area (Å²) in [6, 6.07) is 14.0. The second-order valence-corrected chi connectivity index (χ2v) is 6.92. The normalized spacial score (nSPS) is 14.1. The summed E-state index contributed by atoms with van der Waals surface area (Å²) in [4.78, 5) is 14.7. The maximum Gasteiger partial charge on any atom is 0.290 e. The standard InChI is InChI=1S/C19H15BrFNO2/c20-16-6-2-4-13-10-17(24-18(13)16)19(23)22(15-7-8-15)11-12-3-1-5-14(21)9-12/h1-6,9-10,15H,7-8,11H2. The predicted molar refractivity (Wildman–Crippen MR) is 93.2 cm³/mol. The highest BCUT2D eigenvalue weighted by atomic mass is 79.9. The summed E-state index contributed by atoms with van der Waals surface area (Å²) in [5, 5.41) is 0.884. The van der Waals surface area contributed by atoms with E-state index < -0.39 is 0 Å². The Morgan fingerprint density at radius 3 is 2.71 bits per heavy atom. The molecular weight excluding hydrogens is 373 g/mol. The molecule has 122 valence electrons. The molecule has 0 unspecified atom stereocenters. The number of furan rings is 1. The number of fused-ring (bicyclic) bond motifs is 1. The van der Waals surface area contributed by atoms with Crippen molar-refractivity contribution in [3.8, 4) is 0 Å². The van der Waals surface area contributed by atoms with Gasteiger partial charge in [-0.2, -0.15) is 0 Å². The molecule has 0 atom stereocenters. The molecule has 5 heteroatoms. The zero-order valence-electron chi connectivity index (χ0n) is 12.8.